The lowest BCUT2D eigenvalue weighted by Crippen LogP contribution is -2.03. The number of halogens is 4. The normalized spacial score (nSPS) is 12.0. The van der Waals surface area contributed by atoms with E-state index in [9.17, 15) is 13.2 Å². The molecule has 3 rings (SSSR count). The minimum atomic E-state index is -4.37. The Morgan fingerprint density at radius 1 is 1.10 bits per heavy atom. The van der Waals surface area contributed by atoms with E-state index in [1.807, 2.05) is 6.07 Å². The van der Waals surface area contributed by atoms with Gasteiger partial charge in [0.05, 0.1) is 15.8 Å². The second-order valence-electron chi connectivity index (χ2n) is 4.43. The van der Waals surface area contributed by atoms with E-state index >= 15 is 0 Å². The molecular weight excluding hydrogens is 365 g/mol. The average Bonchev–Trinajstić information content (AvgIpc) is 2.79. The van der Waals surface area contributed by atoms with Crippen LogP contribution in [0.3, 0.4) is 0 Å². The lowest BCUT2D eigenvalue weighted by Gasteiger charge is -2.04. The number of rotatable bonds is 1. The molecule has 1 aromatic heterocycles. The van der Waals surface area contributed by atoms with Gasteiger partial charge in [0, 0.05) is 15.7 Å². The SMILES string of the molecule is Nc1cc(Br)ccc1-c1nc2cc(C(F)(F)F)ccc2s1. The van der Waals surface area contributed by atoms with Crippen molar-refractivity contribution >= 4 is 43.2 Å². The molecule has 108 valence electrons. The molecule has 21 heavy (non-hydrogen) atoms. The molecule has 0 aliphatic heterocycles. The molecule has 0 spiro atoms. The van der Waals surface area contributed by atoms with Crippen molar-refractivity contribution in [3.05, 3.63) is 46.4 Å². The van der Waals surface area contributed by atoms with E-state index in [1.54, 1.807) is 12.1 Å². The molecule has 0 atom stereocenters. The number of nitrogen functional groups attached to an aromatic ring is 1. The average molecular weight is 373 g/mol. The van der Waals surface area contributed by atoms with E-state index in [1.165, 1.54) is 17.4 Å². The molecule has 0 aliphatic carbocycles. The van der Waals surface area contributed by atoms with E-state index < -0.39 is 11.7 Å². The Kier molecular flexibility index (Phi) is 3.41. The third kappa shape index (κ3) is 2.75. The van der Waals surface area contributed by atoms with Crippen LogP contribution in [0.2, 0.25) is 0 Å². The number of alkyl halides is 3. The highest BCUT2D eigenvalue weighted by Gasteiger charge is 2.30. The third-order valence-corrected chi connectivity index (χ3v) is 4.52. The van der Waals surface area contributed by atoms with Gasteiger partial charge < -0.3 is 5.73 Å². The van der Waals surface area contributed by atoms with Crippen molar-refractivity contribution in [3.8, 4) is 10.6 Å². The Balaban J connectivity index is 2.13. The van der Waals surface area contributed by atoms with E-state index in [0.717, 1.165) is 16.6 Å². The molecule has 2 N–H and O–H groups in total. The van der Waals surface area contributed by atoms with Gasteiger partial charge >= 0.3 is 6.18 Å². The van der Waals surface area contributed by atoms with Gasteiger partial charge in [0.25, 0.3) is 0 Å². The van der Waals surface area contributed by atoms with Gasteiger partial charge in [0.15, 0.2) is 0 Å². The monoisotopic (exact) mass is 372 g/mol. The van der Waals surface area contributed by atoms with Crippen molar-refractivity contribution in [1.82, 2.24) is 4.98 Å². The first kappa shape index (κ1) is 14.3. The Labute approximate surface area is 130 Å². The number of hydrogen-bond acceptors (Lipinski definition) is 3. The van der Waals surface area contributed by atoms with Gasteiger partial charge in [-0.1, -0.05) is 15.9 Å². The van der Waals surface area contributed by atoms with Crippen LogP contribution >= 0.6 is 27.3 Å². The first-order valence-electron chi connectivity index (χ1n) is 5.88. The zero-order valence-corrected chi connectivity index (χ0v) is 12.8. The summed E-state index contributed by atoms with van der Waals surface area (Å²) in [6, 6.07) is 8.91. The second kappa shape index (κ2) is 4.99. The van der Waals surface area contributed by atoms with Crippen LogP contribution in [-0.4, -0.2) is 4.98 Å². The Hall–Kier alpha value is -1.60. The number of benzene rings is 2. The molecule has 7 heteroatoms. The molecule has 0 amide bonds. The molecule has 0 radical (unpaired) electrons. The van der Waals surface area contributed by atoms with Crippen molar-refractivity contribution in [2.24, 2.45) is 0 Å². The van der Waals surface area contributed by atoms with Gasteiger partial charge in [-0.2, -0.15) is 13.2 Å². The summed E-state index contributed by atoms with van der Waals surface area (Å²) < 4.78 is 39.6. The maximum Gasteiger partial charge on any atom is 0.416 e. The van der Waals surface area contributed by atoms with Crippen molar-refractivity contribution < 1.29 is 13.2 Å². The Morgan fingerprint density at radius 2 is 1.86 bits per heavy atom. The lowest BCUT2D eigenvalue weighted by atomic mass is 10.2. The van der Waals surface area contributed by atoms with Gasteiger partial charge in [-0.15, -0.1) is 11.3 Å². The summed E-state index contributed by atoms with van der Waals surface area (Å²) in [6.07, 6.45) is -4.37. The molecular formula is C14H8BrF3N2S. The number of aromatic nitrogens is 1. The fourth-order valence-corrected chi connectivity index (χ4v) is 3.32. The molecule has 1 heterocycles. The number of nitrogens with zero attached hydrogens (tertiary/aromatic N) is 1. The number of nitrogens with two attached hydrogens (primary N) is 1. The van der Waals surface area contributed by atoms with Gasteiger partial charge in [-0.05, 0) is 36.4 Å². The first-order chi connectivity index (χ1) is 9.84. The fourth-order valence-electron chi connectivity index (χ4n) is 1.95. The Bertz CT molecular complexity index is 827. The van der Waals surface area contributed by atoms with Gasteiger partial charge in [-0.25, -0.2) is 4.98 Å². The molecule has 0 saturated heterocycles. The second-order valence-corrected chi connectivity index (χ2v) is 6.38. The largest absolute Gasteiger partial charge is 0.416 e. The number of hydrogen-bond donors (Lipinski definition) is 1. The molecule has 0 unspecified atom stereocenters. The van der Waals surface area contributed by atoms with Crippen molar-refractivity contribution in [1.29, 1.82) is 0 Å². The summed E-state index contributed by atoms with van der Waals surface area (Å²) in [7, 11) is 0. The van der Waals surface area contributed by atoms with Gasteiger partial charge in [0.2, 0.25) is 0 Å². The summed E-state index contributed by atoms with van der Waals surface area (Å²) in [4.78, 5) is 4.27. The van der Waals surface area contributed by atoms with Crippen LogP contribution in [0.1, 0.15) is 5.56 Å². The maximum absolute atomic E-state index is 12.7. The fraction of sp³-hybridized carbons (Fsp3) is 0.0714. The predicted octanol–water partition coefficient (Wildman–Crippen LogP) is 5.33. The van der Waals surface area contributed by atoms with Crippen molar-refractivity contribution in [3.63, 3.8) is 0 Å². The summed E-state index contributed by atoms with van der Waals surface area (Å²) in [5.41, 5.74) is 6.80. The third-order valence-electron chi connectivity index (χ3n) is 2.96. The molecule has 0 bridgehead atoms. The molecule has 0 fully saturated rings. The summed E-state index contributed by atoms with van der Waals surface area (Å²) in [5, 5.41) is 0.606. The van der Waals surface area contributed by atoms with Crippen LogP contribution in [0.15, 0.2) is 40.9 Å². The highest BCUT2D eigenvalue weighted by molar-refractivity contribution is 9.10. The van der Waals surface area contributed by atoms with Gasteiger partial charge in [-0.3, -0.25) is 0 Å². The quantitative estimate of drug-likeness (QED) is 0.586. The van der Waals surface area contributed by atoms with E-state index in [2.05, 4.69) is 20.9 Å². The Morgan fingerprint density at radius 3 is 2.52 bits per heavy atom. The maximum atomic E-state index is 12.7. The highest BCUT2D eigenvalue weighted by atomic mass is 79.9. The van der Waals surface area contributed by atoms with Crippen molar-refractivity contribution in [2.75, 3.05) is 5.73 Å². The molecule has 0 saturated carbocycles. The van der Waals surface area contributed by atoms with Crippen LogP contribution in [0.25, 0.3) is 20.8 Å². The number of thiazole rings is 1. The molecule has 3 aromatic rings. The van der Waals surface area contributed by atoms with E-state index in [0.29, 0.717) is 26.5 Å². The smallest absolute Gasteiger partial charge is 0.398 e. The number of fused-ring (bicyclic) bond motifs is 1. The van der Waals surface area contributed by atoms with Crippen LogP contribution in [0, 0.1) is 0 Å². The summed E-state index contributed by atoms with van der Waals surface area (Å²) >= 11 is 4.63. The summed E-state index contributed by atoms with van der Waals surface area (Å²) in [6.45, 7) is 0. The van der Waals surface area contributed by atoms with E-state index in [4.69, 9.17) is 5.73 Å². The topological polar surface area (TPSA) is 38.9 Å². The molecule has 0 aliphatic rings. The minimum absolute atomic E-state index is 0.326. The predicted molar refractivity (Wildman–Crippen MR) is 82.2 cm³/mol. The standard InChI is InChI=1S/C14H8BrF3N2S/c15-8-2-3-9(10(19)6-8)13-20-11-5-7(14(16,17)18)1-4-12(11)21-13/h1-6H,19H2. The zero-order valence-electron chi connectivity index (χ0n) is 10.4. The van der Waals surface area contributed by atoms with Crippen LogP contribution in [0.5, 0.6) is 0 Å². The zero-order chi connectivity index (χ0) is 15.2. The summed E-state index contributed by atoms with van der Waals surface area (Å²) in [5.74, 6) is 0. The molecule has 2 nitrogen and oxygen atoms in total. The van der Waals surface area contributed by atoms with Crippen LogP contribution in [-0.2, 0) is 6.18 Å². The number of anilines is 1. The van der Waals surface area contributed by atoms with Gasteiger partial charge in [0.1, 0.15) is 5.01 Å². The molecule has 2 aromatic carbocycles. The van der Waals surface area contributed by atoms with Crippen LogP contribution < -0.4 is 5.73 Å². The van der Waals surface area contributed by atoms with Crippen molar-refractivity contribution in [2.45, 2.75) is 6.18 Å². The lowest BCUT2D eigenvalue weighted by molar-refractivity contribution is -0.137. The minimum Gasteiger partial charge on any atom is -0.398 e. The highest BCUT2D eigenvalue weighted by Crippen LogP contribution is 2.37. The van der Waals surface area contributed by atoms with Crippen LogP contribution in [0.4, 0.5) is 18.9 Å². The first-order valence-corrected chi connectivity index (χ1v) is 7.49. The van der Waals surface area contributed by atoms with E-state index in [-0.39, 0.29) is 0 Å².